The molecule has 4 saturated heterocycles. The summed E-state index contributed by atoms with van der Waals surface area (Å²) in [5.74, 6) is -8.23. The minimum atomic E-state index is -3.64. The Bertz CT molecular complexity index is 1120. The Balaban J connectivity index is 1.59. The van der Waals surface area contributed by atoms with Gasteiger partial charge in [-0.3, -0.25) is 4.79 Å². The van der Waals surface area contributed by atoms with E-state index in [1.807, 2.05) is 0 Å². The molecular formula is C26H43FO23. The van der Waals surface area contributed by atoms with Crippen LogP contribution in [0.15, 0.2) is 0 Å². The highest BCUT2D eigenvalue weighted by Gasteiger charge is 2.64. The highest BCUT2D eigenvalue weighted by Crippen LogP contribution is 2.41. The van der Waals surface area contributed by atoms with Crippen molar-refractivity contribution in [3.05, 3.63) is 0 Å². The van der Waals surface area contributed by atoms with E-state index in [1.54, 1.807) is 0 Å². The fraction of sp³-hybridized carbons (Fsp3) is 0.962. The molecule has 20 atom stereocenters. The number of hydrogen-bond acceptors (Lipinski definition) is 23. The number of rotatable bonds is 11. The van der Waals surface area contributed by atoms with Crippen molar-refractivity contribution < 1.29 is 119 Å². The lowest BCUT2D eigenvalue weighted by molar-refractivity contribution is -0.468. The van der Waals surface area contributed by atoms with Gasteiger partial charge in [0.25, 0.3) is 5.85 Å². The largest absolute Gasteiger partial charge is 0.454 e. The summed E-state index contributed by atoms with van der Waals surface area (Å²) in [6.07, 6.45) is -38.2. The number of alkyl halides is 1. The number of aliphatic hydroxyl groups is 14. The Morgan fingerprint density at radius 2 is 1.30 bits per heavy atom. The van der Waals surface area contributed by atoms with Gasteiger partial charge < -0.3 is 109 Å². The second-order valence-corrected chi connectivity index (χ2v) is 12.1. The molecule has 0 amide bonds. The molecule has 24 heteroatoms. The third-order valence-corrected chi connectivity index (χ3v) is 8.69. The molecule has 292 valence electrons. The molecule has 4 rings (SSSR count). The van der Waals surface area contributed by atoms with Crippen LogP contribution < -0.4 is 0 Å². The topological polar surface area (TPSA) is 374 Å². The first-order valence-electron chi connectivity index (χ1n) is 15.2. The van der Waals surface area contributed by atoms with Gasteiger partial charge in [-0.25, -0.2) is 4.39 Å². The Morgan fingerprint density at radius 3 is 1.86 bits per heavy atom. The molecule has 50 heavy (non-hydrogen) atoms. The van der Waals surface area contributed by atoms with Crippen molar-refractivity contribution in [3.63, 3.8) is 0 Å². The van der Waals surface area contributed by atoms with Crippen LogP contribution >= 0.6 is 0 Å². The Hall–Kier alpha value is -1.44. The Morgan fingerprint density at radius 1 is 0.680 bits per heavy atom. The summed E-state index contributed by atoms with van der Waals surface area (Å²) >= 11 is 0. The summed E-state index contributed by atoms with van der Waals surface area (Å²) in [4.78, 5) is 12.0. The molecule has 4 heterocycles. The predicted molar refractivity (Wildman–Crippen MR) is 145 cm³/mol. The van der Waals surface area contributed by atoms with Gasteiger partial charge in [-0.15, -0.1) is 0 Å². The highest BCUT2D eigenvalue weighted by atomic mass is 19.2. The second kappa shape index (κ2) is 16.3. The number of carbonyl (C=O) groups excluding carboxylic acids is 1. The van der Waals surface area contributed by atoms with Crippen molar-refractivity contribution in [2.75, 3.05) is 26.4 Å². The molecule has 0 aromatic rings. The molecular weight excluding hydrogens is 699 g/mol. The van der Waals surface area contributed by atoms with Crippen molar-refractivity contribution in [1.82, 2.24) is 0 Å². The lowest BCUT2D eigenvalue weighted by Gasteiger charge is -2.52. The third kappa shape index (κ3) is 7.77. The summed E-state index contributed by atoms with van der Waals surface area (Å²) in [6, 6.07) is 0. The van der Waals surface area contributed by atoms with Crippen LogP contribution in [0.3, 0.4) is 0 Å². The fourth-order valence-electron chi connectivity index (χ4n) is 5.89. The summed E-state index contributed by atoms with van der Waals surface area (Å²) in [5, 5.41) is 144. The van der Waals surface area contributed by atoms with Crippen LogP contribution in [0.25, 0.3) is 0 Å². The first-order chi connectivity index (χ1) is 23.4. The second-order valence-electron chi connectivity index (χ2n) is 12.1. The molecule has 23 nitrogen and oxygen atoms in total. The SMILES string of the molecule is CC(=O)OC1[C@@H](OC2(O)C(CO)OC(O[C@H]3C(CO)O[C@H](O)C(O)[C@@H]3O)C(O)C2O)OC(F)(CO)[C@@H](OC2OC(CO)C(O)C(O)C2O)[C@H]1O. The van der Waals surface area contributed by atoms with Gasteiger partial charge in [-0.1, -0.05) is 0 Å². The van der Waals surface area contributed by atoms with Crippen LogP contribution in [-0.4, -0.2) is 226 Å². The first-order valence-corrected chi connectivity index (χ1v) is 15.2. The van der Waals surface area contributed by atoms with E-state index in [-0.39, 0.29) is 0 Å². The molecule has 4 aliphatic rings. The minimum Gasteiger partial charge on any atom is -0.454 e. The van der Waals surface area contributed by atoms with Crippen LogP contribution in [0.5, 0.6) is 0 Å². The number of hydrogen-bond donors (Lipinski definition) is 14. The van der Waals surface area contributed by atoms with Crippen LogP contribution in [0, 0.1) is 0 Å². The molecule has 0 aromatic carbocycles. The van der Waals surface area contributed by atoms with Crippen molar-refractivity contribution >= 4 is 5.97 Å². The van der Waals surface area contributed by atoms with E-state index in [0.29, 0.717) is 0 Å². The molecule has 0 bridgehead atoms. The van der Waals surface area contributed by atoms with Gasteiger partial charge in [-0.2, -0.15) is 0 Å². The van der Waals surface area contributed by atoms with E-state index in [2.05, 4.69) is 0 Å². The maximum Gasteiger partial charge on any atom is 0.303 e. The van der Waals surface area contributed by atoms with E-state index < -0.39 is 155 Å². The first kappa shape index (κ1) is 41.3. The van der Waals surface area contributed by atoms with Gasteiger partial charge in [0.05, 0.1) is 19.8 Å². The third-order valence-electron chi connectivity index (χ3n) is 8.69. The minimum absolute atomic E-state index is 0.801. The quantitative estimate of drug-likeness (QED) is 0.0690. The number of aliphatic hydroxyl groups excluding tert-OH is 13. The highest BCUT2D eigenvalue weighted by molar-refractivity contribution is 5.66. The number of halogens is 1. The van der Waals surface area contributed by atoms with Crippen LogP contribution in [0.2, 0.25) is 0 Å². The molecule has 0 spiro atoms. The van der Waals surface area contributed by atoms with E-state index >= 15 is 4.39 Å². The molecule has 14 N–H and O–H groups in total. The maximum atomic E-state index is 16.3. The Kier molecular flexibility index (Phi) is 13.5. The molecule has 0 aromatic heterocycles. The summed E-state index contributed by atoms with van der Waals surface area (Å²) in [7, 11) is 0. The summed E-state index contributed by atoms with van der Waals surface area (Å²) < 4.78 is 57.7. The van der Waals surface area contributed by atoms with Crippen molar-refractivity contribution in [2.24, 2.45) is 0 Å². The summed E-state index contributed by atoms with van der Waals surface area (Å²) in [5.41, 5.74) is 0. The number of ether oxygens (including phenoxy) is 8. The fourth-order valence-corrected chi connectivity index (χ4v) is 5.89. The molecule has 0 radical (unpaired) electrons. The molecule has 14 unspecified atom stereocenters. The van der Waals surface area contributed by atoms with Crippen molar-refractivity contribution in [2.45, 2.75) is 129 Å². The van der Waals surface area contributed by atoms with E-state index in [4.69, 9.17) is 37.9 Å². The van der Waals surface area contributed by atoms with E-state index in [1.165, 1.54) is 0 Å². The van der Waals surface area contributed by atoms with Crippen LogP contribution in [-0.2, 0) is 42.7 Å². The molecule has 0 aliphatic carbocycles. The zero-order valence-corrected chi connectivity index (χ0v) is 26.0. The Labute approximate surface area is 280 Å². The van der Waals surface area contributed by atoms with Gasteiger partial charge in [0, 0.05) is 6.92 Å². The predicted octanol–water partition coefficient (Wildman–Crippen LogP) is -9.56. The van der Waals surface area contributed by atoms with Crippen LogP contribution in [0.1, 0.15) is 6.92 Å². The van der Waals surface area contributed by atoms with Crippen LogP contribution in [0.4, 0.5) is 4.39 Å². The van der Waals surface area contributed by atoms with Crippen molar-refractivity contribution in [1.29, 1.82) is 0 Å². The smallest absolute Gasteiger partial charge is 0.303 e. The number of esters is 1. The molecule has 4 fully saturated rings. The average molecular weight is 743 g/mol. The zero-order valence-electron chi connectivity index (χ0n) is 26.0. The number of carbonyl (C=O) groups is 1. The monoisotopic (exact) mass is 742 g/mol. The van der Waals surface area contributed by atoms with E-state index in [0.717, 1.165) is 6.92 Å². The molecule has 0 saturated carbocycles. The zero-order chi connectivity index (χ0) is 37.5. The normalized spacial score (nSPS) is 51.7. The van der Waals surface area contributed by atoms with Crippen molar-refractivity contribution in [3.8, 4) is 0 Å². The maximum absolute atomic E-state index is 16.3. The van der Waals surface area contributed by atoms with Gasteiger partial charge >= 0.3 is 5.97 Å². The van der Waals surface area contributed by atoms with E-state index in [9.17, 15) is 76.3 Å². The molecule has 4 aliphatic heterocycles. The standard InChI is InChI=1S/C26H43FO23/c1-6(32)43-18-15(38)20(48-22-14(37)11(34)10(33)7(2-28)45-22)25(27,5-31)49-24(18)50-26(42)9(4-30)46-23(16(39)19(26)40)47-17-8(3-29)44-21(41)13(36)12(17)35/h7-24,28-31,33-42H,2-5H2,1H3/t7?,8?,9?,10?,11?,12-,13?,14?,15-,16?,17-,18?,19?,20-,21-,22?,23?,24+,25?,26?/m0/s1. The summed E-state index contributed by atoms with van der Waals surface area (Å²) in [6.45, 7) is -4.06. The average Bonchev–Trinajstić information content (AvgIpc) is 3.08. The van der Waals surface area contributed by atoms with Gasteiger partial charge in [0.2, 0.25) is 12.1 Å². The van der Waals surface area contributed by atoms with Gasteiger partial charge in [-0.05, 0) is 0 Å². The van der Waals surface area contributed by atoms with Gasteiger partial charge in [0.1, 0.15) is 79.9 Å². The van der Waals surface area contributed by atoms with Gasteiger partial charge in [0.15, 0.2) is 31.1 Å². The lowest BCUT2D eigenvalue weighted by Crippen LogP contribution is -2.73. The lowest BCUT2D eigenvalue weighted by atomic mass is 9.92.